The average molecular weight is 329 g/mol. The number of nitrogens with one attached hydrogen (secondary N) is 1. The zero-order chi connectivity index (χ0) is 17.5. The lowest BCUT2D eigenvalue weighted by molar-refractivity contribution is -0.122. The quantitative estimate of drug-likeness (QED) is 0.757. The van der Waals surface area contributed by atoms with Gasteiger partial charge in [0.05, 0.1) is 11.1 Å². The van der Waals surface area contributed by atoms with E-state index in [2.05, 4.69) is 17.3 Å². The molecule has 1 atom stereocenters. The van der Waals surface area contributed by atoms with Crippen LogP contribution in [0.1, 0.15) is 51.6 Å². The minimum Gasteiger partial charge on any atom is -0.352 e. The highest BCUT2D eigenvalue weighted by molar-refractivity contribution is 5.83. The van der Waals surface area contributed by atoms with Crippen LogP contribution in [0.15, 0.2) is 29.1 Å². The fourth-order valence-electron chi connectivity index (χ4n) is 2.92. The van der Waals surface area contributed by atoms with Gasteiger partial charge in [0.15, 0.2) is 0 Å². The predicted octanol–water partition coefficient (Wildman–Crippen LogP) is 3.18. The maximum Gasteiger partial charge on any atom is 0.275 e. The summed E-state index contributed by atoms with van der Waals surface area (Å²) < 4.78 is 1.26. The Labute approximate surface area is 143 Å². The first kappa shape index (κ1) is 18.2. The largest absolute Gasteiger partial charge is 0.352 e. The third kappa shape index (κ3) is 4.66. The van der Waals surface area contributed by atoms with Gasteiger partial charge < -0.3 is 5.32 Å². The Hall–Kier alpha value is -2.17. The van der Waals surface area contributed by atoms with E-state index < -0.39 is 0 Å². The molecule has 5 heteroatoms. The Morgan fingerprint density at radius 2 is 1.92 bits per heavy atom. The van der Waals surface area contributed by atoms with E-state index in [0.717, 1.165) is 23.9 Å². The van der Waals surface area contributed by atoms with Crippen LogP contribution in [0.3, 0.4) is 0 Å². The number of aromatic nitrogens is 2. The van der Waals surface area contributed by atoms with Crippen molar-refractivity contribution in [3.05, 3.63) is 40.3 Å². The molecule has 130 valence electrons. The first-order chi connectivity index (χ1) is 11.5. The molecule has 0 saturated carbocycles. The molecule has 1 aromatic heterocycles. The summed E-state index contributed by atoms with van der Waals surface area (Å²) in [5.41, 5.74) is 0.535. The van der Waals surface area contributed by atoms with E-state index in [1.54, 1.807) is 6.07 Å². The topological polar surface area (TPSA) is 64.0 Å². The lowest BCUT2D eigenvalue weighted by atomic mass is 10.1. The molecule has 2 aromatic rings. The van der Waals surface area contributed by atoms with Gasteiger partial charge in [-0.15, -0.1) is 0 Å². The fourth-order valence-corrected chi connectivity index (χ4v) is 2.92. The zero-order valence-corrected chi connectivity index (χ0v) is 14.8. The lowest BCUT2D eigenvalue weighted by Gasteiger charge is -2.14. The third-order valence-corrected chi connectivity index (χ3v) is 4.24. The van der Waals surface area contributed by atoms with E-state index in [4.69, 9.17) is 0 Å². The number of hydrogen-bond donors (Lipinski definition) is 1. The lowest BCUT2D eigenvalue weighted by Crippen LogP contribution is -2.38. The smallest absolute Gasteiger partial charge is 0.275 e. The van der Waals surface area contributed by atoms with Crippen molar-refractivity contribution in [1.82, 2.24) is 15.1 Å². The minimum absolute atomic E-state index is 0.0379. The van der Waals surface area contributed by atoms with E-state index in [-0.39, 0.29) is 24.1 Å². The van der Waals surface area contributed by atoms with Gasteiger partial charge in [0.2, 0.25) is 5.91 Å². The molecule has 0 aliphatic rings. The molecule has 0 fully saturated rings. The number of nitrogens with zero attached hydrogens (tertiary/aromatic N) is 2. The van der Waals surface area contributed by atoms with Crippen LogP contribution in [0.5, 0.6) is 0 Å². The van der Waals surface area contributed by atoms with Crippen molar-refractivity contribution in [3.8, 4) is 0 Å². The van der Waals surface area contributed by atoms with E-state index in [1.807, 2.05) is 32.0 Å². The number of benzene rings is 1. The standard InChI is InChI=1S/C19H27N3O2/c1-4-5-6-7-10-14(2)20-18(23)13-22-19(24)17-12-9-8-11-16(17)15(3)21-22/h8-9,11-12,14H,4-7,10,13H2,1-3H3,(H,20,23). The fraction of sp³-hybridized carbons (Fsp3) is 0.526. The number of hydrogen-bond acceptors (Lipinski definition) is 3. The maximum atomic E-state index is 12.5. The second-order valence-corrected chi connectivity index (χ2v) is 6.41. The van der Waals surface area contributed by atoms with Crippen molar-refractivity contribution < 1.29 is 4.79 Å². The van der Waals surface area contributed by atoms with E-state index in [9.17, 15) is 9.59 Å². The van der Waals surface area contributed by atoms with Gasteiger partial charge in [-0.1, -0.05) is 50.8 Å². The van der Waals surface area contributed by atoms with Crippen LogP contribution in [0, 0.1) is 6.92 Å². The van der Waals surface area contributed by atoms with Gasteiger partial charge in [0, 0.05) is 11.4 Å². The molecule has 0 spiro atoms. The second-order valence-electron chi connectivity index (χ2n) is 6.41. The monoisotopic (exact) mass is 329 g/mol. The van der Waals surface area contributed by atoms with Crippen molar-refractivity contribution in [2.75, 3.05) is 0 Å². The Morgan fingerprint density at radius 3 is 2.62 bits per heavy atom. The highest BCUT2D eigenvalue weighted by atomic mass is 16.2. The normalized spacial score (nSPS) is 12.3. The van der Waals surface area contributed by atoms with Crippen molar-refractivity contribution in [1.29, 1.82) is 0 Å². The van der Waals surface area contributed by atoms with Gasteiger partial charge in [-0.3, -0.25) is 9.59 Å². The van der Waals surface area contributed by atoms with Crippen LogP contribution >= 0.6 is 0 Å². The van der Waals surface area contributed by atoms with Gasteiger partial charge in [-0.25, -0.2) is 4.68 Å². The van der Waals surface area contributed by atoms with Crippen LogP contribution < -0.4 is 10.9 Å². The van der Waals surface area contributed by atoms with Gasteiger partial charge >= 0.3 is 0 Å². The van der Waals surface area contributed by atoms with Gasteiger partial charge in [0.1, 0.15) is 6.54 Å². The second kappa shape index (κ2) is 8.62. The molecular formula is C19H27N3O2. The average Bonchev–Trinajstić information content (AvgIpc) is 2.56. The zero-order valence-electron chi connectivity index (χ0n) is 14.8. The molecule has 0 saturated heterocycles. The van der Waals surface area contributed by atoms with E-state index >= 15 is 0 Å². The molecule has 1 N–H and O–H groups in total. The molecule has 2 rings (SSSR count). The van der Waals surface area contributed by atoms with Crippen molar-refractivity contribution in [2.24, 2.45) is 0 Å². The van der Waals surface area contributed by atoms with Crippen LogP contribution in [-0.2, 0) is 11.3 Å². The molecular weight excluding hydrogens is 302 g/mol. The molecule has 0 radical (unpaired) electrons. The van der Waals surface area contributed by atoms with Crippen molar-refractivity contribution in [2.45, 2.75) is 65.5 Å². The Kier molecular flexibility index (Phi) is 6.53. The summed E-state index contributed by atoms with van der Waals surface area (Å²) in [5, 5.41) is 8.68. The first-order valence-corrected chi connectivity index (χ1v) is 8.78. The third-order valence-electron chi connectivity index (χ3n) is 4.24. The van der Waals surface area contributed by atoms with Crippen LogP contribution in [0.2, 0.25) is 0 Å². The summed E-state index contributed by atoms with van der Waals surface area (Å²) in [5.74, 6) is -0.165. The molecule has 0 aliphatic heterocycles. The maximum absolute atomic E-state index is 12.5. The Bertz CT molecular complexity index is 752. The van der Waals surface area contributed by atoms with Crippen LogP contribution in [0.4, 0.5) is 0 Å². The summed E-state index contributed by atoms with van der Waals surface area (Å²) in [4.78, 5) is 24.7. The molecule has 0 bridgehead atoms. The molecule has 5 nitrogen and oxygen atoms in total. The number of rotatable bonds is 8. The van der Waals surface area contributed by atoms with Crippen LogP contribution in [0.25, 0.3) is 10.8 Å². The SMILES string of the molecule is CCCCCCC(C)NC(=O)Cn1nc(C)c2ccccc2c1=O. The molecule has 1 aromatic carbocycles. The summed E-state index contributed by atoms with van der Waals surface area (Å²) in [6.07, 6.45) is 5.71. The molecule has 24 heavy (non-hydrogen) atoms. The number of unbranched alkanes of at least 4 members (excludes halogenated alkanes) is 3. The van der Waals surface area contributed by atoms with Gasteiger partial charge in [0.25, 0.3) is 5.56 Å². The molecule has 1 amide bonds. The van der Waals surface area contributed by atoms with Crippen LogP contribution in [-0.4, -0.2) is 21.7 Å². The highest BCUT2D eigenvalue weighted by Gasteiger charge is 2.12. The predicted molar refractivity (Wildman–Crippen MR) is 97.1 cm³/mol. The number of fused-ring (bicyclic) bond motifs is 1. The van der Waals surface area contributed by atoms with Crippen molar-refractivity contribution in [3.63, 3.8) is 0 Å². The van der Waals surface area contributed by atoms with E-state index in [0.29, 0.717) is 5.39 Å². The van der Waals surface area contributed by atoms with Gasteiger partial charge in [-0.2, -0.15) is 5.10 Å². The van der Waals surface area contributed by atoms with E-state index in [1.165, 1.54) is 23.9 Å². The summed E-state index contributed by atoms with van der Waals surface area (Å²) in [6.45, 7) is 6.00. The number of amides is 1. The molecule has 0 aliphatic carbocycles. The van der Waals surface area contributed by atoms with Crippen molar-refractivity contribution >= 4 is 16.7 Å². The summed E-state index contributed by atoms with van der Waals surface area (Å²) in [7, 11) is 0. The van der Waals surface area contributed by atoms with Gasteiger partial charge in [-0.05, 0) is 26.3 Å². The Balaban J connectivity index is 2.00. The summed E-state index contributed by atoms with van der Waals surface area (Å²) >= 11 is 0. The summed E-state index contributed by atoms with van der Waals surface area (Å²) in [6, 6.07) is 7.48. The first-order valence-electron chi connectivity index (χ1n) is 8.78. The minimum atomic E-state index is -0.220. The highest BCUT2D eigenvalue weighted by Crippen LogP contribution is 2.11. The Morgan fingerprint density at radius 1 is 1.21 bits per heavy atom. The molecule has 1 unspecified atom stereocenters. The molecule has 1 heterocycles. The number of carbonyl (C=O) groups excluding carboxylic acids is 1. The number of aryl methyl sites for hydroxylation is 1. The number of carbonyl (C=O) groups is 1.